The fourth-order valence-electron chi connectivity index (χ4n) is 3.85. The molecule has 0 bridgehead atoms. The molecule has 1 amide bonds. The van der Waals surface area contributed by atoms with E-state index in [1.54, 1.807) is 11.3 Å². The van der Waals surface area contributed by atoms with Gasteiger partial charge in [0, 0.05) is 37.8 Å². The maximum absolute atomic E-state index is 12.5. The van der Waals surface area contributed by atoms with E-state index >= 15 is 0 Å². The van der Waals surface area contributed by atoms with Gasteiger partial charge in [-0.3, -0.25) is 4.79 Å². The number of benzene rings is 1. The number of nitrogens with zero attached hydrogens (tertiary/aromatic N) is 3. The van der Waals surface area contributed by atoms with Gasteiger partial charge in [-0.25, -0.2) is 4.98 Å². The SMILES string of the molecule is CN(CC1CCN(c2nc3ccc(Br)cc3s2)CC1)C(=O)C1CCOC1. The zero-order valence-corrected chi connectivity index (χ0v) is 17.4. The van der Waals surface area contributed by atoms with Crippen LogP contribution in [0.1, 0.15) is 19.3 Å². The second kappa shape index (κ2) is 7.82. The van der Waals surface area contributed by atoms with Crippen molar-refractivity contribution >= 4 is 48.5 Å². The van der Waals surface area contributed by atoms with Crippen LogP contribution < -0.4 is 4.90 Å². The van der Waals surface area contributed by atoms with E-state index in [9.17, 15) is 4.79 Å². The van der Waals surface area contributed by atoms with Gasteiger partial charge in [-0.05, 0) is 43.4 Å². The van der Waals surface area contributed by atoms with E-state index in [0.29, 0.717) is 12.5 Å². The number of anilines is 1. The Morgan fingerprint density at radius 3 is 2.92 bits per heavy atom. The molecule has 0 radical (unpaired) electrons. The average molecular weight is 438 g/mol. The molecule has 0 aliphatic carbocycles. The minimum Gasteiger partial charge on any atom is -0.381 e. The molecule has 2 saturated heterocycles. The third-order valence-corrected chi connectivity index (χ3v) is 6.98. The number of halogens is 1. The number of thiazole rings is 1. The second-order valence-electron chi connectivity index (χ2n) is 7.32. The number of piperidine rings is 1. The lowest BCUT2D eigenvalue weighted by Gasteiger charge is -2.34. The van der Waals surface area contributed by atoms with Gasteiger partial charge in [-0.15, -0.1) is 0 Å². The monoisotopic (exact) mass is 437 g/mol. The van der Waals surface area contributed by atoms with Crippen molar-refractivity contribution < 1.29 is 9.53 Å². The highest BCUT2D eigenvalue weighted by molar-refractivity contribution is 9.10. The normalized spacial score (nSPS) is 21.5. The van der Waals surface area contributed by atoms with Crippen LogP contribution in [0.4, 0.5) is 5.13 Å². The maximum atomic E-state index is 12.5. The summed E-state index contributed by atoms with van der Waals surface area (Å²) in [5, 5.41) is 1.11. The molecule has 7 heteroatoms. The molecule has 3 heterocycles. The first-order valence-electron chi connectivity index (χ1n) is 9.24. The maximum Gasteiger partial charge on any atom is 0.227 e. The molecule has 26 heavy (non-hydrogen) atoms. The predicted octanol–water partition coefficient (Wildman–Crippen LogP) is 3.77. The molecule has 1 aromatic heterocycles. The molecule has 2 fully saturated rings. The summed E-state index contributed by atoms with van der Waals surface area (Å²) in [6, 6.07) is 6.25. The van der Waals surface area contributed by atoms with E-state index in [2.05, 4.69) is 33.0 Å². The van der Waals surface area contributed by atoms with Crippen LogP contribution in [0.2, 0.25) is 0 Å². The van der Waals surface area contributed by atoms with Crippen molar-refractivity contribution in [1.82, 2.24) is 9.88 Å². The van der Waals surface area contributed by atoms with E-state index < -0.39 is 0 Å². The second-order valence-corrected chi connectivity index (χ2v) is 9.24. The van der Waals surface area contributed by atoms with E-state index in [0.717, 1.165) is 60.6 Å². The molecule has 0 spiro atoms. The lowest BCUT2D eigenvalue weighted by Crippen LogP contribution is -2.41. The zero-order valence-electron chi connectivity index (χ0n) is 15.0. The Morgan fingerprint density at radius 2 is 2.19 bits per heavy atom. The first-order valence-corrected chi connectivity index (χ1v) is 10.8. The summed E-state index contributed by atoms with van der Waals surface area (Å²) < 4.78 is 7.67. The summed E-state index contributed by atoms with van der Waals surface area (Å²) in [5.74, 6) is 0.898. The van der Waals surface area contributed by atoms with Crippen LogP contribution in [0.15, 0.2) is 22.7 Å². The molecule has 1 aromatic carbocycles. The van der Waals surface area contributed by atoms with Crippen molar-refractivity contribution in [1.29, 1.82) is 0 Å². The third-order valence-electron chi connectivity index (χ3n) is 5.41. The highest BCUT2D eigenvalue weighted by atomic mass is 79.9. The minimum absolute atomic E-state index is 0.0714. The number of ether oxygens (including phenoxy) is 1. The van der Waals surface area contributed by atoms with Crippen LogP contribution in [0.5, 0.6) is 0 Å². The summed E-state index contributed by atoms with van der Waals surface area (Å²) in [6.45, 7) is 4.20. The molecule has 0 N–H and O–H groups in total. The number of carbonyl (C=O) groups is 1. The quantitative estimate of drug-likeness (QED) is 0.729. The van der Waals surface area contributed by atoms with Crippen molar-refractivity contribution in [2.45, 2.75) is 19.3 Å². The van der Waals surface area contributed by atoms with Gasteiger partial charge < -0.3 is 14.5 Å². The Morgan fingerprint density at radius 1 is 1.38 bits per heavy atom. The van der Waals surface area contributed by atoms with Crippen LogP contribution in [0, 0.1) is 11.8 Å². The lowest BCUT2D eigenvalue weighted by atomic mass is 9.96. The molecule has 4 rings (SSSR count). The van der Waals surface area contributed by atoms with Crippen LogP contribution in [-0.4, -0.2) is 55.7 Å². The number of carbonyl (C=O) groups excluding carboxylic acids is 1. The molecule has 1 atom stereocenters. The average Bonchev–Trinajstić information content (AvgIpc) is 3.31. The molecule has 140 valence electrons. The largest absolute Gasteiger partial charge is 0.381 e. The van der Waals surface area contributed by atoms with Crippen molar-refractivity contribution in [2.24, 2.45) is 11.8 Å². The van der Waals surface area contributed by atoms with E-state index in [4.69, 9.17) is 9.72 Å². The van der Waals surface area contributed by atoms with Crippen LogP contribution in [0.3, 0.4) is 0 Å². The molecule has 0 saturated carbocycles. The standard InChI is InChI=1S/C19H24BrN3O2S/c1-22(18(24)14-6-9-25-12-14)11-13-4-7-23(8-5-13)19-21-16-3-2-15(20)10-17(16)26-19/h2-3,10,13-14H,4-9,11-12H2,1H3. The fraction of sp³-hybridized carbons (Fsp3) is 0.579. The summed E-state index contributed by atoms with van der Waals surface area (Å²) in [4.78, 5) is 21.6. The van der Waals surface area contributed by atoms with Crippen molar-refractivity contribution in [3.63, 3.8) is 0 Å². The Bertz CT molecular complexity index is 782. The Hall–Kier alpha value is -1.18. The number of fused-ring (bicyclic) bond motifs is 1. The van der Waals surface area contributed by atoms with E-state index in [1.807, 2.05) is 18.0 Å². The number of hydrogen-bond acceptors (Lipinski definition) is 5. The highest BCUT2D eigenvalue weighted by Crippen LogP contribution is 2.33. The third kappa shape index (κ3) is 3.89. The molecule has 2 aliphatic rings. The first kappa shape index (κ1) is 18.2. The molecule has 2 aliphatic heterocycles. The van der Waals surface area contributed by atoms with Crippen LogP contribution in [-0.2, 0) is 9.53 Å². The van der Waals surface area contributed by atoms with Crippen molar-refractivity contribution in [2.75, 3.05) is 44.8 Å². The summed E-state index contributed by atoms with van der Waals surface area (Å²) in [7, 11) is 1.94. The molecular formula is C19H24BrN3O2S. The topological polar surface area (TPSA) is 45.7 Å². The van der Waals surface area contributed by atoms with Crippen LogP contribution in [0.25, 0.3) is 10.2 Å². The lowest BCUT2D eigenvalue weighted by molar-refractivity contribution is -0.134. The Labute approximate surface area is 166 Å². The van der Waals surface area contributed by atoms with Crippen molar-refractivity contribution in [3.8, 4) is 0 Å². The van der Waals surface area contributed by atoms with Gasteiger partial charge >= 0.3 is 0 Å². The van der Waals surface area contributed by atoms with Gasteiger partial charge in [0.15, 0.2) is 5.13 Å². The number of aromatic nitrogens is 1. The van der Waals surface area contributed by atoms with Crippen molar-refractivity contribution in [3.05, 3.63) is 22.7 Å². The fourth-order valence-corrected chi connectivity index (χ4v) is 5.42. The number of amides is 1. The van der Waals surface area contributed by atoms with Gasteiger partial charge in [0.2, 0.25) is 5.91 Å². The first-order chi connectivity index (χ1) is 12.6. The van der Waals surface area contributed by atoms with Gasteiger partial charge in [0.1, 0.15) is 0 Å². The molecular weight excluding hydrogens is 414 g/mol. The molecule has 5 nitrogen and oxygen atoms in total. The van der Waals surface area contributed by atoms with E-state index in [1.165, 1.54) is 4.70 Å². The van der Waals surface area contributed by atoms with Crippen LogP contribution >= 0.6 is 27.3 Å². The zero-order chi connectivity index (χ0) is 18.1. The molecule has 1 unspecified atom stereocenters. The number of hydrogen-bond donors (Lipinski definition) is 0. The smallest absolute Gasteiger partial charge is 0.227 e. The van der Waals surface area contributed by atoms with Gasteiger partial charge in [-0.2, -0.15) is 0 Å². The number of rotatable bonds is 4. The Balaban J connectivity index is 1.32. The molecule has 2 aromatic rings. The summed E-state index contributed by atoms with van der Waals surface area (Å²) in [6.07, 6.45) is 3.09. The minimum atomic E-state index is 0.0714. The summed E-state index contributed by atoms with van der Waals surface area (Å²) in [5.41, 5.74) is 1.07. The highest BCUT2D eigenvalue weighted by Gasteiger charge is 2.29. The predicted molar refractivity (Wildman–Crippen MR) is 109 cm³/mol. The van der Waals surface area contributed by atoms with Gasteiger partial charge in [0.05, 0.1) is 22.7 Å². The van der Waals surface area contributed by atoms with Gasteiger partial charge in [0.25, 0.3) is 0 Å². The van der Waals surface area contributed by atoms with Gasteiger partial charge in [-0.1, -0.05) is 27.3 Å². The Kier molecular flexibility index (Phi) is 5.47. The summed E-state index contributed by atoms with van der Waals surface area (Å²) >= 11 is 5.29. The van der Waals surface area contributed by atoms with E-state index in [-0.39, 0.29) is 11.8 Å².